The average Bonchev–Trinajstić information content (AvgIpc) is 3.38. The van der Waals surface area contributed by atoms with Crippen LogP contribution in [0.15, 0.2) is 68.6 Å². The van der Waals surface area contributed by atoms with Crippen molar-refractivity contribution in [3.05, 3.63) is 72.5 Å². The number of amides is 2. The van der Waals surface area contributed by atoms with E-state index in [4.69, 9.17) is 13.3 Å². The van der Waals surface area contributed by atoms with Gasteiger partial charge >= 0.3 is 11.8 Å². The summed E-state index contributed by atoms with van der Waals surface area (Å²) in [6, 6.07) is 8.07. The standard InChI is InChI=1S/C17H16N2O6/c20-15(18-9-13-3-1-6-24-13)16(21)19-11-17(22,12-5-8-23-10-12)14-4-2-7-25-14/h1-8,10,22H,9,11H2,(H,18,20)(H,19,21)/t17-/m0/s1. The monoisotopic (exact) mass is 344 g/mol. The number of hydrogen-bond donors (Lipinski definition) is 3. The highest BCUT2D eigenvalue weighted by Crippen LogP contribution is 2.29. The van der Waals surface area contributed by atoms with E-state index in [1.165, 1.54) is 25.1 Å². The smallest absolute Gasteiger partial charge is 0.309 e. The molecule has 0 aromatic carbocycles. The molecule has 0 unspecified atom stereocenters. The largest absolute Gasteiger partial charge is 0.472 e. The van der Waals surface area contributed by atoms with Crippen molar-refractivity contribution in [3.63, 3.8) is 0 Å². The summed E-state index contributed by atoms with van der Waals surface area (Å²) in [6.45, 7) is -0.184. The Hall–Kier alpha value is -3.26. The molecule has 0 aliphatic carbocycles. The number of nitrogens with one attached hydrogen (secondary N) is 2. The quantitative estimate of drug-likeness (QED) is 0.577. The molecule has 25 heavy (non-hydrogen) atoms. The SMILES string of the molecule is O=C(NCc1ccco1)C(=O)NC[C@](O)(c1ccoc1)c1ccco1. The van der Waals surface area contributed by atoms with Crippen molar-refractivity contribution >= 4 is 11.8 Å². The van der Waals surface area contributed by atoms with Crippen LogP contribution in [0.4, 0.5) is 0 Å². The molecule has 3 N–H and O–H groups in total. The van der Waals surface area contributed by atoms with Gasteiger partial charge in [0.1, 0.15) is 11.5 Å². The fourth-order valence-corrected chi connectivity index (χ4v) is 2.29. The molecule has 0 bridgehead atoms. The molecular weight excluding hydrogens is 328 g/mol. The maximum atomic E-state index is 12.0. The van der Waals surface area contributed by atoms with Crippen molar-refractivity contribution in [3.8, 4) is 0 Å². The first-order valence-electron chi connectivity index (χ1n) is 7.47. The lowest BCUT2D eigenvalue weighted by Crippen LogP contribution is -2.46. The molecule has 3 aromatic heterocycles. The highest BCUT2D eigenvalue weighted by molar-refractivity contribution is 6.35. The van der Waals surface area contributed by atoms with Gasteiger partial charge in [-0.1, -0.05) is 0 Å². The Bertz CT molecular complexity index is 771. The lowest BCUT2D eigenvalue weighted by Gasteiger charge is -2.25. The number of furan rings is 3. The highest BCUT2D eigenvalue weighted by Gasteiger charge is 2.36. The molecule has 0 fully saturated rings. The minimum atomic E-state index is -1.66. The number of carbonyl (C=O) groups is 2. The van der Waals surface area contributed by atoms with Crippen molar-refractivity contribution in [2.45, 2.75) is 12.1 Å². The molecule has 2 amide bonds. The molecular formula is C17H16N2O6. The average molecular weight is 344 g/mol. The molecule has 0 aliphatic heterocycles. The maximum absolute atomic E-state index is 12.0. The van der Waals surface area contributed by atoms with E-state index in [0.717, 1.165) is 0 Å². The van der Waals surface area contributed by atoms with Gasteiger partial charge in [0, 0.05) is 5.56 Å². The molecule has 0 saturated heterocycles. The summed E-state index contributed by atoms with van der Waals surface area (Å²) >= 11 is 0. The zero-order valence-corrected chi connectivity index (χ0v) is 13.1. The summed E-state index contributed by atoms with van der Waals surface area (Å²) in [4.78, 5) is 23.8. The van der Waals surface area contributed by atoms with E-state index in [1.54, 1.807) is 30.3 Å². The van der Waals surface area contributed by atoms with Gasteiger partial charge < -0.3 is 29.0 Å². The number of carbonyl (C=O) groups excluding carboxylic acids is 2. The Morgan fingerprint density at radius 1 is 1.00 bits per heavy atom. The molecule has 3 heterocycles. The fourth-order valence-electron chi connectivity index (χ4n) is 2.29. The number of aliphatic hydroxyl groups is 1. The van der Waals surface area contributed by atoms with Gasteiger partial charge in [0.05, 0.1) is 38.1 Å². The Balaban J connectivity index is 1.63. The second kappa shape index (κ2) is 7.10. The van der Waals surface area contributed by atoms with E-state index >= 15 is 0 Å². The molecule has 1 atom stereocenters. The van der Waals surface area contributed by atoms with E-state index in [0.29, 0.717) is 11.3 Å². The predicted octanol–water partition coefficient (Wildman–Crippen LogP) is 1.13. The van der Waals surface area contributed by atoms with E-state index in [1.807, 2.05) is 0 Å². The van der Waals surface area contributed by atoms with Crippen molar-refractivity contribution < 1.29 is 27.9 Å². The summed E-state index contributed by atoms with van der Waals surface area (Å²) < 4.78 is 15.3. The lowest BCUT2D eigenvalue weighted by molar-refractivity contribution is -0.139. The van der Waals surface area contributed by atoms with Crippen molar-refractivity contribution in [1.29, 1.82) is 0 Å². The molecule has 3 aromatic rings. The van der Waals surface area contributed by atoms with Crippen LogP contribution in [-0.2, 0) is 21.7 Å². The van der Waals surface area contributed by atoms with Crippen LogP contribution >= 0.6 is 0 Å². The van der Waals surface area contributed by atoms with Crippen molar-refractivity contribution in [2.75, 3.05) is 6.54 Å². The van der Waals surface area contributed by atoms with Gasteiger partial charge in [0.2, 0.25) is 0 Å². The summed E-state index contributed by atoms with van der Waals surface area (Å²) in [5.74, 6) is -0.998. The molecule has 8 nitrogen and oxygen atoms in total. The van der Waals surface area contributed by atoms with Crippen LogP contribution in [0.5, 0.6) is 0 Å². The molecule has 0 aliphatic rings. The normalized spacial score (nSPS) is 13.2. The van der Waals surface area contributed by atoms with Gasteiger partial charge in [-0.3, -0.25) is 9.59 Å². The van der Waals surface area contributed by atoms with Gasteiger partial charge in [-0.25, -0.2) is 0 Å². The summed E-state index contributed by atoms with van der Waals surface area (Å²) in [6.07, 6.45) is 5.60. The Labute approximate surface area is 142 Å². The molecule has 0 radical (unpaired) electrons. The third-order valence-corrected chi connectivity index (χ3v) is 3.64. The zero-order chi connectivity index (χ0) is 17.7. The third kappa shape index (κ3) is 3.64. The maximum Gasteiger partial charge on any atom is 0.309 e. The summed E-state index contributed by atoms with van der Waals surface area (Å²) in [7, 11) is 0. The first kappa shape index (κ1) is 16.6. The van der Waals surface area contributed by atoms with Gasteiger partial charge in [-0.15, -0.1) is 0 Å². The van der Waals surface area contributed by atoms with Crippen LogP contribution in [0.1, 0.15) is 17.1 Å². The number of rotatable bonds is 6. The summed E-state index contributed by atoms with van der Waals surface area (Å²) in [5, 5.41) is 15.7. The van der Waals surface area contributed by atoms with Crippen LogP contribution in [0, 0.1) is 0 Å². The lowest BCUT2D eigenvalue weighted by atomic mass is 9.93. The topological polar surface area (TPSA) is 118 Å². The molecule has 0 spiro atoms. The van der Waals surface area contributed by atoms with Gasteiger partial charge in [0.15, 0.2) is 5.60 Å². The molecule has 130 valence electrons. The molecule has 0 saturated carbocycles. The van der Waals surface area contributed by atoms with Crippen LogP contribution in [0.3, 0.4) is 0 Å². The van der Waals surface area contributed by atoms with Crippen LogP contribution in [-0.4, -0.2) is 23.5 Å². The van der Waals surface area contributed by atoms with Crippen molar-refractivity contribution in [1.82, 2.24) is 10.6 Å². The fraction of sp³-hybridized carbons (Fsp3) is 0.176. The second-order valence-corrected chi connectivity index (χ2v) is 5.29. The Morgan fingerprint density at radius 2 is 1.76 bits per heavy atom. The Kier molecular flexibility index (Phi) is 4.71. The van der Waals surface area contributed by atoms with E-state index in [-0.39, 0.29) is 18.8 Å². The van der Waals surface area contributed by atoms with Crippen LogP contribution in [0.2, 0.25) is 0 Å². The van der Waals surface area contributed by atoms with Crippen molar-refractivity contribution in [2.24, 2.45) is 0 Å². The van der Waals surface area contributed by atoms with Crippen LogP contribution in [0.25, 0.3) is 0 Å². The van der Waals surface area contributed by atoms with E-state index < -0.39 is 17.4 Å². The van der Waals surface area contributed by atoms with Crippen LogP contribution < -0.4 is 10.6 Å². The third-order valence-electron chi connectivity index (χ3n) is 3.64. The van der Waals surface area contributed by atoms with Gasteiger partial charge in [0.25, 0.3) is 0 Å². The van der Waals surface area contributed by atoms with E-state index in [9.17, 15) is 14.7 Å². The number of hydrogen-bond acceptors (Lipinski definition) is 6. The van der Waals surface area contributed by atoms with E-state index in [2.05, 4.69) is 10.6 Å². The Morgan fingerprint density at radius 3 is 2.40 bits per heavy atom. The van der Waals surface area contributed by atoms with Gasteiger partial charge in [-0.05, 0) is 30.3 Å². The first-order valence-corrected chi connectivity index (χ1v) is 7.47. The zero-order valence-electron chi connectivity index (χ0n) is 13.1. The molecule has 3 rings (SSSR count). The predicted molar refractivity (Wildman–Crippen MR) is 84.0 cm³/mol. The molecule has 8 heteroatoms. The first-order chi connectivity index (χ1) is 12.1. The minimum absolute atomic E-state index is 0.0867. The highest BCUT2D eigenvalue weighted by atomic mass is 16.4. The summed E-state index contributed by atoms with van der Waals surface area (Å²) in [5.41, 5.74) is -1.27. The minimum Gasteiger partial charge on any atom is -0.472 e. The van der Waals surface area contributed by atoms with Gasteiger partial charge in [-0.2, -0.15) is 0 Å². The second-order valence-electron chi connectivity index (χ2n) is 5.29.